The number of rotatable bonds is 5. The Morgan fingerprint density at radius 3 is 2.62 bits per heavy atom. The molecule has 0 saturated carbocycles. The number of fused-ring (bicyclic) bond motifs is 2. The van der Waals surface area contributed by atoms with Crippen molar-refractivity contribution in [2.24, 2.45) is 12.8 Å². The summed E-state index contributed by atoms with van der Waals surface area (Å²) in [6, 6.07) is 10.7. The first-order chi connectivity index (χ1) is 17.5. The minimum atomic E-state index is -0.833. The van der Waals surface area contributed by atoms with Gasteiger partial charge >= 0.3 is 0 Å². The second-order valence-electron chi connectivity index (χ2n) is 9.49. The Morgan fingerprint density at radius 1 is 1.14 bits per heavy atom. The van der Waals surface area contributed by atoms with Gasteiger partial charge < -0.3 is 20.5 Å². The average molecular weight is 498 g/mol. The molecule has 4 N–H and O–H groups in total. The molecule has 0 bridgehead atoms. The van der Waals surface area contributed by atoms with Crippen molar-refractivity contribution < 1.29 is 9.21 Å². The van der Waals surface area contributed by atoms with E-state index in [2.05, 4.69) is 15.4 Å². The second-order valence-corrected chi connectivity index (χ2v) is 9.49. The number of carbonyl (C=O) groups excluding carboxylic acids is 1. The Balaban J connectivity index is 1.69. The fourth-order valence-electron chi connectivity index (χ4n) is 4.81. The third-order valence-electron chi connectivity index (χ3n) is 6.53. The van der Waals surface area contributed by atoms with Crippen LogP contribution in [0.4, 0.5) is 5.69 Å². The van der Waals surface area contributed by atoms with Gasteiger partial charge in [-0.25, -0.2) is 0 Å². The smallest absolute Gasteiger partial charge is 0.263 e. The molecule has 1 unspecified atom stereocenters. The number of nitrogens with zero attached hydrogens (tertiary/aromatic N) is 2. The zero-order valence-corrected chi connectivity index (χ0v) is 21.2. The normalized spacial score (nSPS) is 12.2. The molecule has 3 aromatic heterocycles. The average Bonchev–Trinajstić information content (AvgIpc) is 3.19. The summed E-state index contributed by atoms with van der Waals surface area (Å²) in [5.41, 5.74) is 9.69. The molecule has 2 aromatic carbocycles. The van der Waals surface area contributed by atoms with E-state index in [-0.39, 0.29) is 11.0 Å². The maximum Gasteiger partial charge on any atom is 0.263 e. The molecule has 0 spiro atoms. The van der Waals surface area contributed by atoms with E-state index in [1.165, 1.54) is 0 Å². The first kappa shape index (κ1) is 24.1. The van der Waals surface area contributed by atoms with Gasteiger partial charge in [0.05, 0.1) is 22.6 Å². The number of nitrogens with one attached hydrogen (secondary N) is 2. The highest BCUT2D eigenvalue weighted by atomic mass is 16.3. The van der Waals surface area contributed by atoms with E-state index >= 15 is 0 Å². The van der Waals surface area contributed by atoms with Crippen molar-refractivity contribution in [1.82, 2.24) is 14.8 Å². The van der Waals surface area contributed by atoms with Crippen LogP contribution in [0, 0.1) is 20.8 Å². The van der Waals surface area contributed by atoms with Crippen LogP contribution in [0.2, 0.25) is 0 Å². The standard InChI is InChI=1S/C28H27N5O4/c1-13-8-19(16(4)31-22-10-14(2)30-28(36)23(22)27(29)35)26-20(9-13)24(34)15(3)25(37-26)17-6-7-21-18(11-17)12-33(5)32-21/h6-12,16H,1-5H3,(H2,29,35)(H2,30,31,36). The first-order valence-electron chi connectivity index (χ1n) is 11.9. The van der Waals surface area contributed by atoms with E-state index in [1.54, 1.807) is 24.6 Å². The van der Waals surface area contributed by atoms with Gasteiger partial charge in [0.25, 0.3) is 11.5 Å². The number of carbonyl (C=O) groups is 1. The fraction of sp³-hybridized carbons (Fsp3) is 0.214. The van der Waals surface area contributed by atoms with E-state index in [9.17, 15) is 14.4 Å². The number of aromatic nitrogens is 3. The molecule has 5 aromatic rings. The summed E-state index contributed by atoms with van der Waals surface area (Å²) in [5, 5.41) is 9.05. The van der Waals surface area contributed by atoms with Crippen molar-refractivity contribution >= 4 is 33.5 Å². The van der Waals surface area contributed by atoms with Gasteiger partial charge in [-0.1, -0.05) is 6.07 Å². The van der Waals surface area contributed by atoms with E-state index < -0.39 is 17.5 Å². The van der Waals surface area contributed by atoms with Crippen LogP contribution >= 0.6 is 0 Å². The highest BCUT2D eigenvalue weighted by Crippen LogP contribution is 2.33. The molecule has 0 saturated heterocycles. The zero-order valence-electron chi connectivity index (χ0n) is 21.2. The molecule has 9 nitrogen and oxygen atoms in total. The number of primary amides is 1. The summed E-state index contributed by atoms with van der Waals surface area (Å²) >= 11 is 0. The van der Waals surface area contributed by atoms with Gasteiger partial charge in [0.1, 0.15) is 16.9 Å². The number of aryl methyl sites for hydroxylation is 3. The van der Waals surface area contributed by atoms with Crippen LogP contribution in [0.1, 0.15) is 45.7 Å². The van der Waals surface area contributed by atoms with Crippen LogP contribution < -0.4 is 22.0 Å². The Labute approximate surface area is 211 Å². The Hall–Kier alpha value is -4.66. The number of H-pyrrole nitrogens is 1. The van der Waals surface area contributed by atoms with Crippen LogP contribution in [0.3, 0.4) is 0 Å². The largest absolute Gasteiger partial charge is 0.455 e. The lowest BCUT2D eigenvalue weighted by molar-refractivity contribution is 0.0999. The predicted molar refractivity (Wildman–Crippen MR) is 144 cm³/mol. The Bertz CT molecular complexity index is 1840. The lowest BCUT2D eigenvalue weighted by atomic mass is 9.98. The summed E-state index contributed by atoms with van der Waals surface area (Å²) in [6.45, 7) is 7.25. The second kappa shape index (κ2) is 8.77. The number of hydrogen-bond donors (Lipinski definition) is 3. The maximum atomic E-state index is 13.5. The van der Waals surface area contributed by atoms with Gasteiger partial charge in [-0.15, -0.1) is 0 Å². The summed E-state index contributed by atoms with van der Waals surface area (Å²) in [5.74, 6) is -0.356. The topological polar surface area (TPSA) is 136 Å². The van der Waals surface area contributed by atoms with Gasteiger partial charge in [-0.05, 0) is 63.6 Å². The summed E-state index contributed by atoms with van der Waals surface area (Å²) in [4.78, 5) is 40.5. The van der Waals surface area contributed by atoms with Gasteiger partial charge in [-0.2, -0.15) is 5.10 Å². The predicted octanol–water partition coefficient (Wildman–Crippen LogP) is 4.23. The van der Waals surface area contributed by atoms with Gasteiger partial charge in [-0.3, -0.25) is 19.1 Å². The first-order valence-corrected chi connectivity index (χ1v) is 11.9. The van der Waals surface area contributed by atoms with Crippen LogP contribution in [-0.4, -0.2) is 20.7 Å². The number of hydrogen-bond acceptors (Lipinski definition) is 6. The lowest BCUT2D eigenvalue weighted by Crippen LogP contribution is -2.27. The summed E-state index contributed by atoms with van der Waals surface area (Å²) < 4.78 is 8.20. The van der Waals surface area contributed by atoms with Crippen molar-refractivity contribution in [3.8, 4) is 11.3 Å². The quantitative estimate of drug-likeness (QED) is 0.332. The molecule has 188 valence electrons. The fourth-order valence-corrected chi connectivity index (χ4v) is 4.81. The van der Waals surface area contributed by atoms with Crippen LogP contribution in [0.5, 0.6) is 0 Å². The van der Waals surface area contributed by atoms with Crippen molar-refractivity contribution in [3.63, 3.8) is 0 Å². The number of nitrogens with two attached hydrogens (primary N) is 1. The molecule has 37 heavy (non-hydrogen) atoms. The molecule has 3 heterocycles. The van der Waals surface area contributed by atoms with Crippen LogP contribution in [0.15, 0.2) is 56.6 Å². The number of aromatic amines is 1. The highest BCUT2D eigenvalue weighted by molar-refractivity contribution is 5.98. The highest BCUT2D eigenvalue weighted by Gasteiger charge is 2.21. The van der Waals surface area contributed by atoms with E-state index in [0.717, 1.165) is 22.0 Å². The summed E-state index contributed by atoms with van der Waals surface area (Å²) in [6.07, 6.45) is 1.91. The Morgan fingerprint density at radius 2 is 1.89 bits per heavy atom. The van der Waals surface area contributed by atoms with Crippen LogP contribution in [0.25, 0.3) is 33.2 Å². The van der Waals surface area contributed by atoms with Gasteiger partial charge in [0.2, 0.25) is 0 Å². The monoisotopic (exact) mass is 497 g/mol. The maximum absolute atomic E-state index is 13.5. The number of anilines is 1. The van der Waals surface area contributed by atoms with Crippen LogP contribution in [-0.2, 0) is 7.05 Å². The van der Waals surface area contributed by atoms with Gasteiger partial charge in [0.15, 0.2) is 5.43 Å². The SMILES string of the molecule is Cc1cc(C(C)Nc2cc(C)[nH]c(=O)c2C(N)=O)c2oc(-c3ccc4nn(C)cc4c3)c(C)c(=O)c2c1. The molecule has 0 aliphatic heterocycles. The zero-order chi connectivity index (χ0) is 26.6. The minimum Gasteiger partial charge on any atom is -0.455 e. The van der Waals surface area contributed by atoms with Crippen molar-refractivity contribution in [2.45, 2.75) is 33.7 Å². The Kier molecular flexibility index (Phi) is 5.70. The molecular weight excluding hydrogens is 470 g/mol. The number of pyridine rings is 1. The third kappa shape index (κ3) is 4.18. The lowest BCUT2D eigenvalue weighted by Gasteiger charge is -2.20. The summed E-state index contributed by atoms with van der Waals surface area (Å²) in [7, 11) is 1.86. The van der Waals surface area contributed by atoms with E-state index in [1.807, 2.05) is 57.4 Å². The molecule has 0 fully saturated rings. The molecule has 9 heteroatoms. The number of benzene rings is 2. The molecule has 1 atom stereocenters. The molecule has 1 amide bonds. The number of amides is 1. The molecule has 5 rings (SSSR count). The molecule has 0 aliphatic carbocycles. The van der Waals surface area contributed by atoms with Crippen molar-refractivity contribution in [3.05, 3.63) is 91.1 Å². The van der Waals surface area contributed by atoms with Crippen molar-refractivity contribution in [1.29, 1.82) is 0 Å². The van der Waals surface area contributed by atoms with Gasteiger partial charge in [0, 0.05) is 41.0 Å². The van der Waals surface area contributed by atoms with Crippen molar-refractivity contribution in [2.75, 3.05) is 5.32 Å². The van der Waals surface area contributed by atoms with E-state index in [4.69, 9.17) is 10.2 Å². The molecular formula is C28H27N5O4. The molecule has 0 radical (unpaired) electrons. The molecule has 0 aliphatic rings. The minimum absolute atomic E-state index is 0.121. The third-order valence-corrected chi connectivity index (χ3v) is 6.53. The van der Waals surface area contributed by atoms with E-state index in [0.29, 0.717) is 39.2 Å².